The molecule has 2 aliphatic rings. The van der Waals surface area contributed by atoms with Crippen LogP contribution in [0.4, 0.5) is 0 Å². The number of hydrogen-bond donors (Lipinski definition) is 3. The fraction of sp³-hybridized carbons (Fsp3) is 0.450. The molecule has 0 unspecified atom stereocenters. The molecule has 7 nitrogen and oxygen atoms in total. The third kappa shape index (κ3) is 4.87. The number of nitrogens with one attached hydrogen (secondary N) is 2. The third-order valence-electron chi connectivity index (χ3n) is 4.75. The molecule has 0 amide bonds. The van der Waals surface area contributed by atoms with E-state index in [1.807, 2.05) is 24.0 Å². The van der Waals surface area contributed by atoms with Gasteiger partial charge in [0.2, 0.25) is 0 Å². The lowest BCUT2D eigenvalue weighted by Gasteiger charge is -2.34. The predicted octanol–water partition coefficient (Wildman–Crippen LogP) is 2.74. The first-order chi connectivity index (χ1) is 12.9. The van der Waals surface area contributed by atoms with Gasteiger partial charge in [0.15, 0.2) is 0 Å². The fourth-order valence-corrected chi connectivity index (χ4v) is 3.37. The van der Waals surface area contributed by atoms with Crippen molar-refractivity contribution in [2.45, 2.75) is 39.2 Å². The van der Waals surface area contributed by atoms with Crippen molar-refractivity contribution in [1.82, 2.24) is 4.90 Å². The summed E-state index contributed by atoms with van der Waals surface area (Å²) in [4.78, 5) is 5.91. The summed E-state index contributed by atoms with van der Waals surface area (Å²) in [6, 6.07) is 6.03. The molecule has 1 fully saturated rings. The number of piperidine rings is 1. The average molecular weight is 369 g/mol. The van der Waals surface area contributed by atoms with Crippen molar-refractivity contribution in [2.24, 2.45) is 10.7 Å². The van der Waals surface area contributed by atoms with Gasteiger partial charge in [-0.25, -0.2) is 4.99 Å². The van der Waals surface area contributed by atoms with E-state index in [-0.39, 0.29) is 11.9 Å². The summed E-state index contributed by atoms with van der Waals surface area (Å²) >= 11 is 0. The Morgan fingerprint density at radius 3 is 2.74 bits per heavy atom. The number of benzene rings is 1. The maximum absolute atomic E-state index is 8.36. The van der Waals surface area contributed by atoms with Crippen molar-refractivity contribution in [1.29, 1.82) is 10.8 Å². The van der Waals surface area contributed by atoms with Crippen LogP contribution in [0.3, 0.4) is 0 Å². The molecule has 1 aromatic rings. The van der Waals surface area contributed by atoms with E-state index in [2.05, 4.69) is 11.1 Å². The Balaban J connectivity index is 1.52. The first kappa shape index (κ1) is 18.9. The SMILES string of the molecule is CC(N)=NC(=N)/C=C(/C)C(=N)N1CCC(Oc2ccc3c(c2)CCO3)CC1. The zero-order valence-electron chi connectivity index (χ0n) is 15.9. The van der Waals surface area contributed by atoms with E-state index in [0.29, 0.717) is 17.2 Å². The van der Waals surface area contributed by atoms with Gasteiger partial charge in [-0.1, -0.05) is 0 Å². The van der Waals surface area contributed by atoms with Crippen molar-refractivity contribution >= 4 is 17.5 Å². The molecule has 3 rings (SSSR count). The number of rotatable bonds is 4. The lowest BCUT2D eigenvalue weighted by molar-refractivity contribution is 0.131. The first-order valence-corrected chi connectivity index (χ1v) is 9.26. The van der Waals surface area contributed by atoms with Gasteiger partial charge in [0.1, 0.15) is 29.3 Å². The summed E-state index contributed by atoms with van der Waals surface area (Å²) in [5.41, 5.74) is 7.42. The standard InChI is InChI=1S/C20H27N5O2/c1-13(11-19(22)24-14(2)21)20(23)25-8-5-16(6-9-25)27-17-3-4-18-15(12-17)7-10-26-18/h3-4,11-12,16,23H,5-10H2,1-2H3,(H3,21,22,24)/b13-11-,23-20?. The number of ether oxygens (including phenoxy) is 2. The van der Waals surface area contributed by atoms with E-state index in [1.165, 1.54) is 5.56 Å². The first-order valence-electron chi connectivity index (χ1n) is 9.26. The quantitative estimate of drug-likeness (QED) is 0.560. The predicted molar refractivity (Wildman–Crippen MR) is 107 cm³/mol. The molecule has 0 aromatic heterocycles. The van der Waals surface area contributed by atoms with Crippen molar-refractivity contribution in [2.75, 3.05) is 19.7 Å². The molecule has 0 aliphatic carbocycles. The summed E-state index contributed by atoms with van der Waals surface area (Å²) in [6.07, 6.45) is 4.40. The number of aliphatic imine (C=N–C) groups is 1. The second-order valence-electron chi connectivity index (χ2n) is 6.99. The molecular weight excluding hydrogens is 342 g/mol. The molecule has 7 heteroatoms. The van der Waals surface area contributed by atoms with Crippen molar-refractivity contribution in [3.8, 4) is 11.5 Å². The monoisotopic (exact) mass is 369 g/mol. The minimum Gasteiger partial charge on any atom is -0.493 e. The Hall–Kier alpha value is -2.83. The van der Waals surface area contributed by atoms with Crippen LogP contribution in [-0.4, -0.2) is 48.2 Å². The van der Waals surface area contributed by atoms with Crippen LogP contribution < -0.4 is 15.2 Å². The van der Waals surface area contributed by atoms with Gasteiger partial charge in [0.05, 0.1) is 12.4 Å². The minimum atomic E-state index is 0.0658. The van der Waals surface area contributed by atoms with Crippen LogP contribution in [0.5, 0.6) is 11.5 Å². The minimum absolute atomic E-state index is 0.0658. The van der Waals surface area contributed by atoms with Gasteiger partial charge in [-0.3, -0.25) is 10.8 Å². The highest BCUT2D eigenvalue weighted by Crippen LogP contribution is 2.30. The third-order valence-corrected chi connectivity index (χ3v) is 4.75. The van der Waals surface area contributed by atoms with Crippen molar-refractivity contribution in [3.05, 3.63) is 35.4 Å². The molecule has 1 aromatic carbocycles. The summed E-state index contributed by atoms with van der Waals surface area (Å²) in [5, 5.41) is 16.1. The molecular formula is C20H27N5O2. The van der Waals surface area contributed by atoms with Crippen LogP contribution in [-0.2, 0) is 6.42 Å². The van der Waals surface area contributed by atoms with Gasteiger partial charge >= 0.3 is 0 Å². The Morgan fingerprint density at radius 2 is 2.04 bits per heavy atom. The van der Waals surface area contributed by atoms with Gasteiger partial charge in [-0.2, -0.15) is 0 Å². The Bertz CT molecular complexity index is 788. The molecule has 1 saturated heterocycles. The summed E-state index contributed by atoms with van der Waals surface area (Å²) in [7, 11) is 0. The fourth-order valence-electron chi connectivity index (χ4n) is 3.37. The average Bonchev–Trinajstić information content (AvgIpc) is 3.08. The van der Waals surface area contributed by atoms with Gasteiger partial charge in [-0.05, 0) is 43.7 Å². The number of amidine groups is 3. The second kappa shape index (κ2) is 8.24. The Kier molecular flexibility index (Phi) is 5.78. The molecule has 0 bridgehead atoms. The maximum Gasteiger partial charge on any atom is 0.146 e. The van der Waals surface area contributed by atoms with E-state index in [0.717, 1.165) is 50.5 Å². The second-order valence-corrected chi connectivity index (χ2v) is 6.99. The highest BCUT2D eigenvalue weighted by atomic mass is 16.5. The normalized spacial score (nSPS) is 18.1. The van der Waals surface area contributed by atoms with E-state index in [1.54, 1.807) is 13.0 Å². The van der Waals surface area contributed by atoms with Gasteiger partial charge in [0.25, 0.3) is 0 Å². The summed E-state index contributed by atoms with van der Waals surface area (Å²) in [6.45, 7) is 5.74. The highest BCUT2D eigenvalue weighted by molar-refractivity contribution is 6.06. The number of likely N-dealkylation sites (tertiary alicyclic amines) is 1. The van der Waals surface area contributed by atoms with E-state index >= 15 is 0 Å². The molecule has 2 aliphatic heterocycles. The molecule has 27 heavy (non-hydrogen) atoms. The van der Waals surface area contributed by atoms with Crippen LogP contribution in [0, 0.1) is 10.8 Å². The lowest BCUT2D eigenvalue weighted by Crippen LogP contribution is -2.41. The van der Waals surface area contributed by atoms with Crippen LogP contribution in [0.25, 0.3) is 0 Å². The van der Waals surface area contributed by atoms with Crippen LogP contribution >= 0.6 is 0 Å². The van der Waals surface area contributed by atoms with E-state index in [9.17, 15) is 0 Å². The van der Waals surface area contributed by atoms with Gasteiger partial charge < -0.3 is 20.1 Å². The van der Waals surface area contributed by atoms with Crippen molar-refractivity contribution < 1.29 is 9.47 Å². The van der Waals surface area contributed by atoms with Crippen LogP contribution in [0.15, 0.2) is 34.8 Å². The molecule has 2 heterocycles. The summed E-state index contributed by atoms with van der Waals surface area (Å²) in [5.74, 6) is 2.69. The van der Waals surface area contributed by atoms with E-state index in [4.69, 9.17) is 26.0 Å². The van der Waals surface area contributed by atoms with Crippen LogP contribution in [0.2, 0.25) is 0 Å². The van der Waals surface area contributed by atoms with Crippen LogP contribution in [0.1, 0.15) is 32.3 Å². The van der Waals surface area contributed by atoms with Gasteiger partial charge in [-0.15, -0.1) is 0 Å². The molecule has 4 N–H and O–H groups in total. The molecule has 0 atom stereocenters. The number of nitrogens with two attached hydrogens (primary N) is 1. The molecule has 0 saturated carbocycles. The topological polar surface area (TPSA) is 108 Å². The highest BCUT2D eigenvalue weighted by Gasteiger charge is 2.23. The van der Waals surface area contributed by atoms with Gasteiger partial charge in [0, 0.05) is 37.9 Å². The Labute approximate surface area is 159 Å². The molecule has 0 radical (unpaired) electrons. The molecule has 144 valence electrons. The Morgan fingerprint density at radius 1 is 1.30 bits per heavy atom. The zero-order chi connectivity index (χ0) is 19.4. The van der Waals surface area contributed by atoms with E-state index < -0.39 is 0 Å². The zero-order valence-corrected chi connectivity index (χ0v) is 15.9. The van der Waals surface area contributed by atoms with Crippen molar-refractivity contribution in [3.63, 3.8) is 0 Å². The largest absolute Gasteiger partial charge is 0.493 e. The lowest BCUT2D eigenvalue weighted by atomic mass is 10.1. The smallest absolute Gasteiger partial charge is 0.146 e. The number of nitrogens with zero attached hydrogens (tertiary/aromatic N) is 2. The maximum atomic E-state index is 8.36. The number of fused-ring (bicyclic) bond motifs is 1. The number of hydrogen-bond acceptors (Lipinski definition) is 4. The summed E-state index contributed by atoms with van der Waals surface area (Å²) < 4.78 is 11.7. The molecule has 0 spiro atoms.